The summed E-state index contributed by atoms with van der Waals surface area (Å²) in [5.41, 5.74) is 1.43. The lowest BCUT2D eigenvalue weighted by molar-refractivity contribution is -0.385. The van der Waals surface area contributed by atoms with Gasteiger partial charge in [0.15, 0.2) is 10.1 Å². The number of hydrogen-bond donors (Lipinski definition) is 2. The minimum Gasteiger partial charge on any atom is -0.490 e. The van der Waals surface area contributed by atoms with Gasteiger partial charge in [0.1, 0.15) is 0 Å². The van der Waals surface area contributed by atoms with Gasteiger partial charge in [-0.15, -0.1) is 10.2 Å². The van der Waals surface area contributed by atoms with Crippen LogP contribution in [-0.4, -0.2) is 39.6 Å². The van der Waals surface area contributed by atoms with Crippen molar-refractivity contribution in [2.75, 3.05) is 23.5 Å². The highest BCUT2D eigenvalue weighted by Gasteiger charge is 2.18. The van der Waals surface area contributed by atoms with E-state index >= 15 is 0 Å². The van der Waals surface area contributed by atoms with E-state index in [0.717, 1.165) is 0 Å². The number of alkyl halides is 2. The maximum Gasteiger partial charge on any atom is 0.311 e. The fourth-order valence-corrected chi connectivity index (χ4v) is 4.66. The average Bonchev–Trinajstić information content (AvgIpc) is 3.21. The Kier molecular flexibility index (Phi) is 8.41. The van der Waals surface area contributed by atoms with Gasteiger partial charge in [0, 0.05) is 28.4 Å². The van der Waals surface area contributed by atoms with Gasteiger partial charge < -0.3 is 15.4 Å². The number of carbonyl (C=O) groups is 1. The number of methoxy groups -OCH3 is 1. The number of thioether (sulfide) groups is 2. The van der Waals surface area contributed by atoms with Gasteiger partial charge in [0.05, 0.1) is 17.8 Å². The molecule has 0 atom stereocenters. The first-order valence-corrected chi connectivity index (χ1v) is 11.8. The molecule has 3 rings (SSSR count). The highest BCUT2D eigenvalue weighted by atomic mass is 32.2. The Morgan fingerprint density at radius 3 is 2.64 bits per heavy atom. The summed E-state index contributed by atoms with van der Waals surface area (Å²) >= 11 is 2.88. The van der Waals surface area contributed by atoms with E-state index < -0.39 is 10.7 Å². The number of halogens is 2. The molecule has 0 aliphatic carbocycles. The third-order valence-corrected chi connectivity index (χ3v) is 6.76. The minimum atomic E-state index is -2.48. The molecule has 0 radical (unpaired) electrons. The lowest BCUT2D eigenvalue weighted by Gasteiger charge is -2.10. The monoisotopic (exact) mass is 513 g/mol. The van der Waals surface area contributed by atoms with E-state index in [9.17, 15) is 23.7 Å². The second-order valence-electron chi connectivity index (χ2n) is 6.33. The molecule has 0 saturated heterocycles. The third kappa shape index (κ3) is 7.00. The minimum absolute atomic E-state index is 0.0485. The van der Waals surface area contributed by atoms with E-state index in [2.05, 4.69) is 20.8 Å². The number of nitro benzene ring substituents is 1. The molecule has 1 amide bonds. The fourth-order valence-electron chi connectivity index (χ4n) is 2.59. The van der Waals surface area contributed by atoms with Crippen molar-refractivity contribution in [3.8, 4) is 5.75 Å². The van der Waals surface area contributed by atoms with E-state index in [4.69, 9.17) is 4.74 Å². The van der Waals surface area contributed by atoms with Crippen LogP contribution in [0.5, 0.6) is 5.75 Å². The standard InChI is InChI=1S/C19H17F2N5O4S3/c1-10-7-14(26(28)29)15(30-2)8-13(10)23-16(27)9-31-19-25-24-18(33-19)22-11-3-5-12(6-4-11)32-17(20)21/h3-8,17H,9H2,1-2H3,(H,22,24)(H,23,27). The predicted octanol–water partition coefficient (Wildman–Crippen LogP) is 5.55. The van der Waals surface area contributed by atoms with Gasteiger partial charge in [-0.05, 0) is 36.8 Å². The first-order chi connectivity index (χ1) is 15.7. The van der Waals surface area contributed by atoms with Crippen LogP contribution < -0.4 is 15.4 Å². The molecule has 0 fully saturated rings. The molecule has 1 aromatic heterocycles. The topological polar surface area (TPSA) is 119 Å². The zero-order valence-electron chi connectivity index (χ0n) is 17.2. The highest BCUT2D eigenvalue weighted by Crippen LogP contribution is 2.33. The third-order valence-electron chi connectivity index (χ3n) is 4.06. The van der Waals surface area contributed by atoms with Gasteiger partial charge in [-0.2, -0.15) is 8.78 Å². The van der Waals surface area contributed by atoms with Crippen LogP contribution >= 0.6 is 34.9 Å². The Balaban J connectivity index is 1.55. The Hall–Kier alpha value is -2.97. The molecule has 0 bridgehead atoms. The molecular weight excluding hydrogens is 496 g/mol. The number of aromatic nitrogens is 2. The summed E-state index contributed by atoms with van der Waals surface area (Å²) in [7, 11) is 1.32. The van der Waals surface area contributed by atoms with Crippen molar-refractivity contribution in [3.05, 3.63) is 52.1 Å². The van der Waals surface area contributed by atoms with Crippen molar-refractivity contribution in [1.29, 1.82) is 0 Å². The summed E-state index contributed by atoms with van der Waals surface area (Å²) in [5, 5.41) is 25.3. The maximum atomic E-state index is 12.4. The number of hydrogen-bond acceptors (Lipinski definition) is 10. The number of aryl methyl sites for hydroxylation is 1. The van der Waals surface area contributed by atoms with Crippen molar-refractivity contribution in [2.24, 2.45) is 0 Å². The van der Waals surface area contributed by atoms with Crippen LogP contribution in [0.2, 0.25) is 0 Å². The van der Waals surface area contributed by atoms with E-state index in [1.54, 1.807) is 31.2 Å². The number of nitrogens with one attached hydrogen (secondary N) is 2. The Labute approximate surface area is 199 Å². The van der Waals surface area contributed by atoms with Gasteiger partial charge in [-0.25, -0.2) is 0 Å². The smallest absolute Gasteiger partial charge is 0.311 e. The number of benzene rings is 2. The molecule has 3 aromatic rings. The predicted molar refractivity (Wildman–Crippen MR) is 125 cm³/mol. The second kappa shape index (κ2) is 11.2. The van der Waals surface area contributed by atoms with Crippen molar-refractivity contribution in [2.45, 2.75) is 21.9 Å². The molecule has 0 saturated carbocycles. The summed E-state index contributed by atoms with van der Waals surface area (Å²) in [6, 6.07) is 9.22. The van der Waals surface area contributed by atoms with Gasteiger partial charge in [0.2, 0.25) is 11.0 Å². The van der Waals surface area contributed by atoms with Crippen LogP contribution in [0.25, 0.3) is 0 Å². The normalized spacial score (nSPS) is 10.8. The van der Waals surface area contributed by atoms with Gasteiger partial charge in [-0.3, -0.25) is 14.9 Å². The molecule has 33 heavy (non-hydrogen) atoms. The van der Waals surface area contributed by atoms with Crippen molar-refractivity contribution in [1.82, 2.24) is 10.2 Å². The number of rotatable bonds is 10. The maximum absolute atomic E-state index is 12.4. The largest absolute Gasteiger partial charge is 0.490 e. The first-order valence-electron chi connectivity index (χ1n) is 9.16. The highest BCUT2D eigenvalue weighted by molar-refractivity contribution is 8.01. The van der Waals surface area contributed by atoms with Gasteiger partial charge in [-0.1, -0.05) is 34.9 Å². The Morgan fingerprint density at radius 1 is 1.27 bits per heavy atom. The number of amides is 1. The summed E-state index contributed by atoms with van der Waals surface area (Å²) in [4.78, 5) is 23.3. The van der Waals surface area contributed by atoms with Crippen molar-refractivity contribution >= 4 is 63.0 Å². The lowest BCUT2D eigenvalue weighted by Crippen LogP contribution is -2.15. The summed E-state index contributed by atoms with van der Waals surface area (Å²) in [6.07, 6.45) is 0. The molecule has 0 aliphatic rings. The van der Waals surface area contributed by atoms with Crippen LogP contribution in [0.1, 0.15) is 5.56 Å². The Bertz CT molecular complexity index is 1140. The zero-order valence-corrected chi connectivity index (χ0v) is 19.7. The molecule has 2 N–H and O–H groups in total. The van der Waals surface area contributed by atoms with Crippen molar-refractivity contribution in [3.63, 3.8) is 0 Å². The fraction of sp³-hybridized carbons (Fsp3) is 0.211. The van der Waals surface area contributed by atoms with Crippen LogP contribution in [0.3, 0.4) is 0 Å². The number of anilines is 3. The summed E-state index contributed by atoms with van der Waals surface area (Å²) in [5.74, 6) is -2.70. The number of ether oxygens (including phenoxy) is 1. The average molecular weight is 514 g/mol. The summed E-state index contributed by atoms with van der Waals surface area (Å²) < 4.78 is 30.4. The number of nitro groups is 1. The molecule has 174 valence electrons. The lowest BCUT2D eigenvalue weighted by atomic mass is 10.1. The van der Waals surface area contributed by atoms with Crippen LogP contribution in [0.4, 0.5) is 31.0 Å². The molecule has 14 heteroatoms. The van der Waals surface area contributed by atoms with E-state index in [1.807, 2.05) is 0 Å². The number of carbonyl (C=O) groups excluding carboxylic acids is 1. The molecule has 9 nitrogen and oxygen atoms in total. The summed E-state index contributed by atoms with van der Waals surface area (Å²) in [6.45, 7) is 1.65. The van der Waals surface area contributed by atoms with Crippen LogP contribution in [0.15, 0.2) is 45.6 Å². The number of nitrogens with zero attached hydrogens (tertiary/aromatic N) is 3. The molecule has 0 unspecified atom stereocenters. The molecule has 1 heterocycles. The quantitative estimate of drug-likeness (QED) is 0.204. The van der Waals surface area contributed by atoms with Gasteiger partial charge >= 0.3 is 5.69 Å². The van der Waals surface area contributed by atoms with Crippen molar-refractivity contribution < 1.29 is 23.2 Å². The Morgan fingerprint density at radius 2 is 2.00 bits per heavy atom. The van der Waals surface area contributed by atoms with E-state index in [1.165, 1.54) is 42.3 Å². The second-order valence-corrected chi connectivity index (χ2v) is 9.60. The van der Waals surface area contributed by atoms with E-state index in [-0.39, 0.29) is 23.1 Å². The van der Waals surface area contributed by atoms with E-state index in [0.29, 0.717) is 43.1 Å². The molecule has 0 spiro atoms. The SMILES string of the molecule is COc1cc(NC(=O)CSc2nnc(Nc3ccc(SC(F)F)cc3)s2)c(C)cc1[N+](=O)[O-]. The first kappa shape index (κ1) is 24.7. The molecule has 0 aliphatic heterocycles. The zero-order chi connectivity index (χ0) is 24.0. The van der Waals surface area contributed by atoms with Crippen LogP contribution in [-0.2, 0) is 4.79 Å². The van der Waals surface area contributed by atoms with Gasteiger partial charge in [0.25, 0.3) is 5.76 Å². The molecular formula is C19H17F2N5O4S3. The molecule has 2 aromatic carbocycles. The van der Waals surface area contributed by atoms with Crippen LogP contribution in [0, 0.1) is 17.0 Å².